The largest absolute Gasteiger partial charge is 0.484 e. The lowest BCUT2D eigenvalue weighted by atomic mass is 10.2. The van der Waals surface area contributed by atoms with Crippen LogP contribution in [0.25, 0.3) is 0 Å². The Morgan fingerprint density at radius 2 is 1.61 bits per heavy atom. The molecular weight excluding hydrogens is 436 g/mol. The Morgan fingerprint density at radius 1 is 0.968 bits per heavy atom. The van der Waals surface area contributed by atoms with E-state index in [9.17, 15) is 13.2 Å². The van der Waals surface area contributed by atoms with Crippen LogP contribution in [-0.2, 0) is 21.4 Å². The number of anilines is 1. The van der Waals surface area contributed by atoms with Crippen molar-refractivity contribution in [1.82, 2.24) is 5.32 Å². The molecule has 0 heterocycles. The standard InChI is InChI=1S/C23H23ClN2O4S/c1-2-26(19-9-4-3-5-10-19)31(28,29)21-14-12-20(13-15-21)30-17-23(27)25-16-18-8-6-7-11-22(18)24/h3-15H,2,16-17H2,1H3,(H,25,27). The first-order valence-corrected chi connectivity index (χ1v) is 11.5. The number of para-hydroxylation sites is 1. The highest BCUT2D eigenvalue weighted by molar-refractivity contribution is 7.92. The minimum Gasteiger partial charge on any atom is -0.484 e. The van der Waals surface area contributed by atoms with Crippen LogP contribution in [0.5, 0.6) is 5.75 Å². The van der Waals surface area contributed by atoms with E-state index in [1.165, 1.54) is 28.6 Å². The van der Waals surface area contributed by atoms with Crippen LogP contribution >= 0.6 is 11.6 Å². The molecule has 0 fully saturated rings. The highest BCUT2D eigenvalue weighted by atomic mass is 35.5. The molecule has 0 saturated carbocycles. The number of amides is 1. The molecule has 0 spiro atoms. The molecule has 0 radical (unpaired) electrons. The zero-order valence-electron chi connectivity index (χ0n) is 17.0. The van der Waals surface area contributed by atoms with Crippen molar-refractivity contribution >= 4 is 33.2 Å². The number of nitrogens with zero attached hydrogens (tertiary/aromatic N) is 1. The lowest BCUT2D eigenvalue weighted by Crippen LogP contribution is -2.30. The summed E-state index contributed by atoms with van der Waals surface area (Å²) in [5.74, 6) is 0.0902. The average molecular weight is 459 g/mol. The Bertz CT molecular complexity index is 1120. The van der Waals surface area contributed by atoms with Crippen molar-refractivity contribution in [3.63, 3.8) is 0 Å². The van der Waals surface area contributed by atoms with Gasteiger partial charge in [-0.3, -0.25) is 9.10 Å². The number of halogens is 1. The van der Waals surface area contributed by atoms with E-state index in [2.05, 4.69) is 5.32 Å². The van der Waals surface area contributed by atoms with Crippen molar-refractivity contribution in [2.75, 3.05) is 17.5 Å². The number of benzene rings is 3. The maximum atomic E-state index is 13.0. The van der Waals surface area contributed by atoms with Crippen LogP contribution in [0.1, 0.15) is 12.5 Å². The number of carbonyl (C=O) groups is 1. The molecule has 1 N–H and O–H groups in total. The fraction of sp³-hybridized carbons (Fsp3) is 0.174. The Morgan fingerprint density at radius 3 is 2.26 bits per heavy atom. The van der Waals surface area contributed by atoms with Gasteiger partial charge < -0.3 is 10.1 Å². The molecule has 0 aromatic heterocycles. The molecule has 3 rings (SSSR count). The highest BCUT2D eigenvalue weighted by Crippen LogP contribution is 2.24. The van der Waals surface area contributed by atoms with E-state index in [-0.39, 0.29) is 17.4 Å². The molecule has 6 nitrogen and oxygen atoms in total. The maximum absolute atomic E-state index is 13.0. The Kier molecular flexibility index (Phi) is 7.55. The number of hydrogen-bond acceptors (Lipinski definition) is 4. The third kappa shape index (κ3) is 5.77. The molecule has 0 aliphatic rings. The Hall–Kier alpha value is -3.03. The molecule has 8 heteroatoms. The van der Waals surface area contributed by atoms with E-state index >= 15 is 0 Å². The Labute approximate surface area is 187 Å². The number of sulfonamides is 1. The normalized spacial score (nSPS) is 11.0. The first kappa shape index (κ1) is 22.7. The SMILES string of the molecule is CCN(c1ccccc1)S(=O)(=O)c1ccc(OCC(=O)NCc2ccccc2Cl)cc1. The predicted molar refractivity (Wildman–Crippen MR) is 122 cm³/mol. The highest BCUT2D eigenvalue weighted by Gasteiger charge is 2.23. The summed E-state index contributed by atoms with van der Waals surface area (Å²) < 4.78 is 32.8. The minimum atomic E-state index is -3.71. The van der Waals surface area contributed by atoms with Crippen LogP contribution in [0.2, 0.25) is 5.02 Å². The summed E-state index contributed by atoms with van der Waals surface area (Å²) in [7, 11) is -3.71. The molecule has 0 bridgehead atoms. The third-order valence-electron chi connectivity index (χ3n) is 4.55. The summed E-state index contributed by atoms with van der Waals surface area (Å²) >= 11 is 6.07. The van der Waals surface area contributed by atoms with Gasteiger partial charge in [0.05, 0.1) is 10.6 Å². The zero-order chi connectivity index (χ0) is 22.3. The van der Waals surface area contributed by atoms with Gasteiger partial charge in [-0.2, -0.15) is 0 Å². The van der Waals surface area contributed by atoms with Crippen LogP contribution in [0.3, 0.4) is 0 Å². The molecular formula is C23H23ClN2O4S. The third-order valence-corrected chi connectivity index (χ3v) is 6.83. The second-order valence-electron chi connectivity index (χ2n) is 6.63. The van der Waals surface area contributed by atoms with Crippen molar-refractivity contribution in [3.8, 4) is 5.75 Å². The summed E-state index contributed by atoms with van der Waals surface area (Å²) in [6, 6.07) is 22.2. The van der Waals surface area contributed by atoms with Crippen molar-refractivity contribution in [1.29, 1.82) is 0 Å². The first-order chi connectivity index (χ1) is 14.9. The number of nitrogens with one attached hydrogen (secondary N) is 1. The van der Waals surface area contributed by atoms with Crippen molar-refractivity contribution in [2.45, 2.75) is 18.4 Å². The summed E-state index contributed by atoms with van der Waals surface area (Å²) in [6.07, 6.45) is 0. The van der Waals surface area contributed by atoms with E-state index in [1.807, 2.05) is 24.3 Å². The van der Waals surface area contributed by atoms with Crippen LogP contribution in [0.15, 0.2) is 83.8 Å². The topological polar surface area (TPSA) is 75.7 Å². The van der Waals surface area contributed by atoms with Crippen molar-refractivity contribution in [3.05, 3.63) is 89.4 Å². The van der Waals surface area contributed by atoms with E-state index in [4.69, 9.17) is 16.3 Å². The summed E-state index contributed by atoms with van der Waals surface area (Å²) in [6.45, 7) is 2.19. The van der Waals surface area contributed by atoms with Gasteiger partial charge in [0, 0.05) is 18.1 Å². The molecule has 0 atom stereocenters. The molecule has 1 amide bonds. The van der Waals surface area contributed by atoms with Crippen LogP contribution in [0.4, 0.5) is 5.69 Å². The first-order valence-electron chi connectivity index (χ1n) is 9.72. The number of rotatable bonds is 9. The van der Waals surface area contributed by atoms with E-state index in [1.54, 1.807) is 37.3 Å². The summed E-state index contributed by atoms with van der Waals surface area (Å²) in [5, 5.41) is 3.32. The molecule has 0 saturated heterocycles. The second kappa shape index (κ2) is 10.3. The fourth-order valence-corrected chi connectivity index (χ4v) is 4.63. The van der Waals surface area contributed by atoms with Gasteiger partial charge in [-0.05, 0) is 55.0 Å². The fourth-order valence-electron chi connectivity index (χ4n) is 2.96. The van der Waals surface area contributed by atoms with Crippen molar-refractivity contribution in [2.24, 2.45) is 0 Å². The van der Waals surface area contributed by atoms with Gasteiger partial charge in [-0.1, -0.05) is 48.0 Å². The van der Waals surface area contributed by atoms with Gasteiger partial charge in [0.2, 0.25) is 0 Å². The quantitative estimate of drug-likeness (QED) is 0.520. The predicted octanol–water partition coefficient (Wildman–Crippen LogP) is 4.25. The molecule has 162 valence electrons. The zero-order valence-corrected chi connectivity index (χ0v) is 18.6. The van der Waals surface area contributed by atoms with E-state index in [0.29, 0.717) is 29.5 Å². The molecule has 3 aromatic carbocycles. The molecule has 0 aliphatic carbocycles. The average Bonchev–Trinajstić information content (AvgIpc) is 2.78. The maximum Gasteiger partial charge on any atom is 0.264 e. The van der Waals surface area contributed by atoms with Gasteiger partial charge in [0.15, 0.2) is 6.61 Å². The van der Waals surface area contributed by atoms with E-state index in [0.717, 1.165) is 5.56 Å². The van der Waals surface area contributed by atoms with Crippen molar-refractivity contribution < 1.29 is 17.9 Å². The van der Waals surface area contributed by atoms with Gasteiger partial charge in [0.25, 0.3) is 15.9 Å². The lowest BCUT2D eigenvalue weighted by Gasteiger charge is -2.23. The van der Waals surface area contributed by atoms with Gasteiger partial charge in [0.1, 0.15) is 5.75 Å². The molecule has 0 aliphatic heterocycles. The number of ether oxygens (including phenoxy) is 1. The monoisotopic (exact) mass is 458 g/mol. The van der Waals surface area contributed by atoms with Crippen LogP contribution < -0.4 is 14.4 Å². The Balaban J connectivity index is 1.59. The second-order valence-corrected chi connectivity index (χ2v) is 8.90. The summed E-state index contributed by atoms with van der Waals surface area (Å²) in [4.78, 5) is 12.2. The molecule has 0 unspecified atom stereocenters. The van der Waals surface area contributed by atoms with Crippen LogP contribution in [0, 0.1) is 0 Å². The molecule has 3 aromatic rings. The van der Waals surface area contributed by atoms with Gasteiger partial charge in [-0.25, -0.2) is 8.42 Å². The summed E-state index contributed by atoms with van der Waals surface area (Å²) in [5.41, 5.74) is 1.41. The number of hydrogen-bond donors (Lipinski definition) is 1. The van der Waals surface area contributed by atoms with Gasteiger partial charge in [-0.15, -0.1) is 0 Å². The smallest absolute Gasteiger partial charge is 0.264 e. The van der Waals surface area contributed by atoms with E-state index < -0.39 is 10.0 Å². The van der Waals surface area contributed by atoms with Gasteiger partial charge >= 0.3 is 0 Å². The number of carbonyl (C=O) groups excluding carboxylic acids is 1. The minimum absolute atomic E-state index is 0.147. The molecule has 31 heavy (non-hydrogen) atoms. The van der Waals surface area contributed by atoms with Crippen LogP contribution in [-0.4, -0.2) is 27.5 Å². The lowest BCUT2D eigenvalue weighted by molar-refractivity contribution is -0.123.